The molecule has 0 aliphatic heterocycles. The minimum Gasteiger partial charge on any atom is -0.497 e. The van der Waals surface area contributed by atoms with Gasteiger partial charge in [-0.05, 0) is 42.0 Å². The summed E-state index contributed by atoms with van der Waals surface area (Å²) in [6, 6.07) is 10.5. The van der Waals surface area contributed by atoms with Crippen LogP contribution in [0.5, 0.6) is 5.75 Å². The summed E-state index contributed by atoms with van der Waals surface area (Å²) in [4.78, 5) is 23.0. The normalized spacial score (nSPS) is 10.4. The van der Waals surface area contributed by atoms with E-state index in [0.717, 1.165) is 11.3 Å². The summed E-state index contributed by atoms with van der Waals surface area (Å²) in [5.74, 6) is -0.360. The number of amides is 2. The van der Waals surface area contributed by atoms with Crippen molar-refractivity contribution in [3.63, 3.8) is 0 Å². The maximum Gasteiger partial charge on any atom is 0.329 e. The van der Waals surface area contributed by atoms with E-state index < -0.39 is 11.8 Å². The van der Waals surface area contributed by atoms with Crippen molar-refractivity contribution in [3.8, 4) is 5.75 Å². The molecular weight excluding hydrogens is 286 g/mol. The second-order valence-electron chi connectivity index (χ2n) is 4.23. The zero-order valence-electron chi connectivity index (χ0n) is 11.9. The van der Waals surface area contributed by atoms with Gasteiger partial charge in [-0.15, -0.1) is 0 Å². The van der Waals surface area contributed by atoms with Crippen LogP contribution in [0, 0.1) is 0 Å². The van der Waals surface area contributed by atoms with E-state index >= 15 is 0 Å². The fourth-order valence-corrected chi connectivity index (χ4v) is 1.57. The Balaban J connectivity index is 1.78. The monoisotopic (exact) mass is 301 g/mol. The average Bonchev–Trinajstić information content (AvgIpc) is 3.06. The van der Waals surface area contributed by atoms with E-state index in [1.54, 1.807) is 43.5 Å². The van der Waals surface area contributed by atoms with E-state index in [2.05, 4.69) is 15.8 Å². The first-order valence-corrected chi connectivity index (χ1v) is 6.46. The number of hydrazone groups is 1. The minimum atomic E-state index is -0.851. The summed E-state index contributed by atoms with van der Waals surface area (Å²) >= 11 is 0. The van der Waals surface area contributed by atoms with Gasteiger partial charge in [0.05, 0.1) is 26.1 Å². The lowest BCUT2D eigenvalue weighted by Crippen LogP contribution is -2.37. The highest BCUT2D eigenvalue weighted by molar-refractivity contribution is 6.35. The van der Waals surface area contributed by atoms with Crippen molar-refractivity contribution in [2.24, 2.45) is 5.10 Å². The first kappa shape index (κ1) is 15.3. The molecular formula is C15H15N3O4. The van der Waals surface area contributed by atoms with E-state index in [-0.39, 0.29) is 6.54 Å². The molecule has 1 heterocycles. The first-order chi connectivity index (χ1) is 10.7. The Morgan fingerprint density at radius 1 is 1.23 bits per heavy atom. The number of rotatable bonds is 5. The third-order valence-corrected chi connectivity index (χ3v) is 2.71. The highest BCUT2D eigenvalue weighted by Gasteiger charge is 2.12. The van der Waals surface area contributed by atoms with Gasteiger partial charge < -0.3 is 14.5 Å². The van der Waals surface area contributed by atoms with Gasteiger partial charge in [0.25, 0.3) is 0 Å². The number of hydrogen-bond donors (Lipinski definition) is 2. The van der Waals surface area contributed by atoms with Gasteiger partial charge in [-0.2, -0.15) is 5.10 Å². The van der Waals surface area contributed by atoms with Gasteiger partial charge in [0, 0.05) is 0 Å². The Hall–Kier alpha value is -3.09. The number of carbonyl (C=O) groups is 2. The van der Waals surface area contributed by atoms with E-state index in [4.69, 9.17) is 9.15 Å². The van der Waals surface area contributed by atoms with Gasteiger partial charge in [0.15, 0.2) is 0 Å². The lowest BCUT2D eigenvalue weighted by atomic mass is 10.2. The smallest absolute Gasteiger partial charge is 0.329 e. The van der Waals surface area contributed by atoms with Gasteiger partial charge in [-0.1, -0.05) is 0 Å². The van der Waals surface area contributed by atoms with Crippen molar-refractivity contribution in [2.75, 3.05) is 7.11 Å². The molecule has 0 radical (unpaired) electrons. The molecule has 0 fully saturated rings. The molecule has 22 heavy (non-hydrogen) atoms. The van der Waals surface area contributed by atoms with Crippen LogP contribution in [0.15, 0.2) is 52.2 Å². The van der Waals surface area contributed by atoms with Crippen molar-refractivity contribution in [1.29, 1.82) is 0 Å². The third kappa shape index (κ3) is 4.48. The van der Waals surface area contributed by atoms with Crippen molar-refractivity contribution < 1.29 is 18.7 Å². The van der Waals surface area contributed by atoms with Crippen LogP contribution < -0.4 is 15.5 Å². The highest BCUT2D eigenvalue weighted by atomic mass is 16.5. The van der Waals surface area contributed by atoms with Crippen LogP contribution in [0.25, 0.3) is 0 Å². The van der Waals surface area contributed by atoms with E-state index in [0.29, 0.717) is 5.76 Å². The second-order valence-corrected chi connectivity index (χ2v) is 4.23. The molecule has 0 bridgehead atoms. The lowest BCUT2D eigenvalue weighted by molar-refractivity contribution is -0.139. The van der Waals surface area contributed by atoms with Crippen molar-refractivity contribution in [2.45, 2.75) is 6.54 Å². The minimum absolute atomic E-state index is 0.140. The third-order valence-electron chi connectivity index (χ3n) is 2.71. The molecule has 7 heteroatoms. The number of methoxy groups -OCH3 is 1. The van der Waals surface area contributed by atoms with Crippen LogP contribution >= 0.6 is 0 Å². The number of nitrogens with zero attached hydrogens (tertiary/aromatic N) is 1. The molecule has 0 aliphatic rings. The summed E-state index contributed by atoms with van der Waals surface area (Å²) < 4.78 is 10.1. The average molecular weight is 301 g/mol. The van der Waals surface area contributed by atoms with E-state index in [1.165, 1.54) is 12.5 Å². The molecule has 1 aromatic carbocycles. The predicted molar refractivity (Wildman–Crippen MR) is 79.3 cm³/mol. The fourth-order valence-electron chi connectivity index (χ4n) is 1.57. The van der Waals surface area contributed by atoms with Gasteiger partial charge >= 0.3 is 11.8 Å². The Bertz CT molecular complexity index is 648. The van der Waals surface area contributed by atoms with Crippen molar-refractivity contribution in [1.82, 2.24) is 10.7 Å². The number of ether oxygens (including phenoxy) is 1. The Labute approximate surface area is 127 Å². The molecule has 7 nitrogen and oxygen atoms in total. The molecule has 0 atom stereocenters. The summed E-state index contributed by atoms with van der Waals surface area (Å²) in [5.41, 5.74) is 2.91. The first-order valence-electron chi connectivity index (χ1n) is 6.46. The van der Waals surface area contributed by atoms with E-state index in [9.17, 15) is 9.59 Å². The SMILES string of the molecule is COc1ccc(/C=N/NC(=O)C(=O)NCc2ccco2)cc1. The Kier molecular flexibility index (Phi) is 5.31. The Morgan fingerprint density at radius 2 is 2.00 bits per heavy atom. The molecule has 2 aromatic rings. The molecule has 0 saturated carbocycles. The largest absolute Gasteiger partial charge is 0.497 e. The van der Waals surface area contributed by atoms with Crippen LogP contribution in [0.1, 0.15) is 11.3 Å². The van der Waals surface area contributed by atoms with Gasteiger partial charge in [-0.3, -0.25) is 9.59 Å². The zero-order valence-corrected chi connectivity index (χ0v) is 11.9. The maximum absolute atomic E-state index is 11.5. The molecule has 2 N–H and O–H groups in total. The molecule has 0 spiro atoms. The molecule has 2 amide bonds. The molecule has 0 aliphatic carbocycles. The number of nitrogens with one attached hydrogen (secondary N) is 2. The van der Waals surface area contributed by atoms with Crippen LogP contribution in [-0.4, -0.2) is 25.1 Å². The van der Waals surface area contributed by atoms with Crippen LogP contribution in [0.3, 0.4) is 0 Å². The van der Waals surface area contributed by atoms with Gasteiger partial charge in [0.1, 0.15) is 11.5 Å². The number of carbonyl (C=O) groups excluding carboxylic acids is 2. The van der Waals surface area contributed by atoms with Crippen LogP contribution in [0.4, 0.5) is 0 Å². The van der Waals surface area contributed by atoms with Gasteiger partial charge in [-0.25, -0.2) is 5.43 Å². The topological polar surface area (TPSA) is 92.9 Å². The zero-order chi connectivity index (χ0) is 15.8. The number of benzene rings is 1. The second kappa shape index (κ2) is 7.63. The quantitative estimate of drug-likeness (QED) is 0.490. The number of furan rings is 1. The fraction of sp³-hybridized carbons (Fsp3) is 0.133. The maximum atomic E-state index is 11.5. The Morgan fingerprint density at radius 3 is 2.64 bits per heavy atom. The molecule has 114 valence electrons. The van der Waals surface area contributed by atoms with Crippen LogP contribution in [0.2, 0.25) is 0 Å². The number of hydrogen-bond acceptors (Lipinski definition) is 5. The molecule has 0 unspecified atom stereocenters. The van der Waals surface area contributed by atoms with Crippen molar-refractivity contribution >= 4 is 18.0 Å². The molecule has 0 saturated heterocycles. The highest BCUT2D eigenvalue weighted by Crippen LogP contribution is 2.09. The summed E-state index contributed by atoms with van der Waals surface area (Å²) in [7, 11) is 1.57. The molecule has 1 aromatic heterocycles. The van der Waals surface area contributed by atoms with Crippen molar-refractivity contribution in [3.05, 3.63) is 54.0 Å². The summed E-state index contributed by atoms with van der Waals surface area (Å²) in [6.45, 7) is 0.140. The van der Waals surface area contributed by atoms with Crippen LogP contribution in [-0.2, 0) is 16.1 Å². The van der Waals surface area contributed by atoms with Gasteiger partial charge in [0.2, 0.25) is 0 Å². The summed E-state index contributed by atoms with van der Waals surface area (Å²) in [5, 5.41) is 6.13. The molecule has 2 rings (SSSR count). The summed E-state index contributed by atoms with van der Waals surface area (Å²) in [6.07, 6.45) is 2.91. The lowest BCUT2D eigenvalue weighted by Gasteiger charge is -2.01. The standard InChI is InChI=1S/C15H15N3O4/c1-21-12-6-4-11(5-7-12)9-17-18-15(20)14(19)16-10-13-3-2-8-22-13/h2-9H,10H2,1H3,(H,16,19)(H,18,20)/b17-9+. The predicted octanol–water partition coefficient (Wildman–Crippen LogP) is 1.05. The van der Waals surface area contributed by atoms with E-state index in [1.807, 2.05) is 0 Å².